The number of amides is 1. The van der Waals surface area contributed by atoms with E-state index in [1.807, 2.05) is 0 Å². The van der Waals surface area contributed by atoms with Crippen LogP contribution in [0.4, 0.5) is 14.5 Å². The average Bonchev–Trinajstić information content (AvgIpc) is 2.70. The molecule has 5 nitrogen and oxygen atoms in total. The Bertz CT molecular complexity index is 833. The fourth-order valence-electron chi connectivity index (χ4n) is 3.36. The number of benzene rings is 1. The lowest BCUT2D eigenvalue weighted by Gasteiger charge is -2.34. The molecular weight excluding hydrogens is 396 g/mol. The molecule has 1 aliphatic carbocycles. The lowest BCUT2D eigenvalue weighted by molar-refractivity contribution is -0.122. The van der Waals surface area contributed by atoms with Gasteiger partial charge in [0.25, 0.3) is 0 Å². The highest BCUT2D eigenvalue weighted by Gasteiger charge is 2.31. The minimum absolute atomic E-state index is 0.0694. The molecule has 1 saturated carbocycles. The molecule has 1 aromatic heterocycles. The molecule has 1 aromatic carbocycles. The van der Waals surface area contributed by atoms with Crippen LogP contribution < -0.4 is 15.2 Å². The Balaban J connectivity index is 0.000000253. The molecule has 3 rings (SSSR count). The molecule has 0 bridgehead atoms. The number of carbonyl (C=O) groups is 1. The summed E-state index contributed by atoms with van der Waals surface area (Å²) in [5.74, 6) is -1.66. The van der Waals surface area contributed by atoms with Crippen molar-refractivity contribution in [1.82, 2.24) is 4.98 Å². The SMILES string of the molecule is CC1(C)CCCC(C(=O)Nc2ccnc(SN)c2)C1.COc1cccc(F)c1F. The van der Waals surface area contributed by atoms with E-state index in [1.165, 1.54) is 25.7 Å². The maximum Gasteiger partial charge on any atom is 0.227 e. The molecule has 1 heterocycles. The van der Waals surface area contributed by atoms with E-state index in [-0.39, 0.29) is 23.0 Å². The smallest absolute Gasteiger partial charge is 0.227 e. The number of pyridine rings is 1. The van der Waals surface area contributed by atoms with Crippen LogP contribution >= 0.6 is 11.9 Å². The normalized spacial score (nSPS) is 17.7. The molecule has 0 saturated heterocycles. The van der Waals surface area contributed by atoms with Gasteiger partial charge in [0, 0.05) is 17.8 Å². The van der Waals surface area contributed by atoms with Gasteiger partial charge in [-0.1, -0.05) is 26.3 Å². The molecule has 0 radical (unpaired) electrons. The first-order chi connectivity index (χ1) is 13.8. The second kappa shape index (κ2) is 10.5. The van der Waals surface area contributed by atoms with Crippen molar-refractivity contribution < 1.29 is 18.3 Å². The van der Waals surface area contributed by atoms with Gasteiger partial charge < -0.3 is 10.1 Å². The predicted octanol–water partition coefficient (Wildman–Crippen LogP) is 5.18. The Kier molecular flexibility index (Phi) is 8.40. The van der Waals surface area contributed by atoms with Gasteiger partial charge in [-0.05, 0) is 60.9 Å². The van der Waals surface area contributed by atoms with Crippen molar-refractivity contribution in [1.29, 1.82) is 0 Å². The zero-order valence-corrected chi connectivity index (χ0v) is 17.7. The number of hydrogen-bond acceptors (Lipinski definition) is 5. The van der Waals surface area contributed by atoms with Crippen LogP contribution in [0.2, 0.25) is 0 Å². The van der Waals surface area contributed by atoms with Crippen LogP contribution in [0, 0.1) is 23.0 Å². The van der Waals surface area contributed by atoms with E-state index in [4.69, 9.17) is 5.14 Å². The quantitative estimate of drug-likeness (QED) is 0.663. The molecule has 1 aliphatic rings. The summed E-state index contributed by atoms with van der Waals surface area (Å²) in [5.41, 5.74) is 1.05. The fraction of sp³-hybridized carbons (Fsp3) is 0.429. The van der Waals surface area contributed by atoms with Crippen LogP contribution in [0.3, 0.4) is 0 Å². The summed E-state index contributed by atoms with van der Waals surface area (Å²) >= 11 is 1.08. The van der Waals surface area contributed by atoms with Gasteiger partial charge >= 0.3 is 0 Å². The summed E-state index contributed by atoms with van der Waals surface area (Å²) < 4.78 is 29.3. The predicted molar refractivity (Wildman–Crippen MR) is 112 cm³/mol. The molecule has 0 aliphatic heterocycles. The molecule has 1 atom stereocenters. The highest BCUT2D eigenvalue weighted by atomic mass is 32.2. The number of hydrogen-bond donors (Lipinski definition) is 2. The summed E-state index contributed by atoms with van der Waals surface area (Å²) in [7, 11) is 1.29. The minimum Gasteiger partial charge on any atom is -0.494 e. The van der Waals surface area contributed by atoms with Crippen molar-refractivity contribution in [3.8, 4) is 5.75 Å². The van der Waals surface area contributed by atoms with Crippen LogP contribution in [0.5, 0.6) is 5.75 Å². The second-order valence-corrected chi connectivity index (χ2v) is 8.36. The zero-order valence-electron chi connectivity index (χ0n) is 16.9. The molecule has 3 N–H and O–H groups in total. The van der Waals surface area contributed by atoms with Crippen molar-refractivity contribution >= 4 is 23.5 Å². The van der Waals surface area contributed by atoms with E-state index in [0.29, 0.717) is 5.03 Å². The third-order valence-corrected chi connectivity index (χ3v) is 5.30. The molecular formula is C21H27F2N3O2S. The first-order valence-electron chi connectivity index (χ1n) is 9.37. The number of nitrogens with one attached hydrogen (secondary N) is 1. The third kappa shape index (κ3) is 6.97. The number of halogens is 2. The minimum atomic E-state index is -0.940. The topological polar surface area (TPSA) is 77.2 Å². The van der Waals surface area contributed by atoms with Crippen LogP contribution in [0.25, 0.3) is 0 Å². The van der Waals surface area contributed by atoms with E-state index in [9.17, 15) is 13.6 Å². The number of nitrogens with zero attached hydrogens (tertiary/aromatic N) is 1. The van der Waals surface area contributed by atoms with E-state index in [2.05, 4.69) is 28.9 Å². The maximum absolute atomic E-state index is 12.5. The standard InChI is InChI=1S/C14H21N3OS.C7H6F2O/c1-14(2)6-3-4-10(9-14)13(18)17-11-5-7-16-12(8-11)19-15;1-10-6-4-2-3-5(8)7(6)9/h5,7-8,10H,3-4,6,9,15H2,1-2H3,(H,16,17,18);2-4H,1H3. The van der Waals surface area contributed by atoms with Gasteiger partial charge in [-0.2, -0.15) is 4.39 Å². The van der Waals surface area contributed by atoms with E-state index in [1.54, 1.807) is 18.3 Å². The van der Waals surface area contributed by atoms with E-state index >= 15 is 0 Å². The largest absolute Gasteiger partial charge is 0.494 e. The number of ether oxygens (including phenoxy) is 1. The van der Waals surface area contributed by atoms with Crippen molar-refractivity contribution in [3.63, 3.8) is 0 Å². The third-order valence-electron chi connectivity index (χ3n) is 4.84. The summed E-state index contributed by atoms with van der Waals surface area (Å²) in [6.45, 7) is 4.48. The first-order valence-corrected chi connectivity index (χ1v) is 10.3. The first kappa shape index (κ1) is 23.1. The molecule has 158 valence electrons. The fourth-order valence-corrected chi connectivity index (χ4v) is 3.68. The zero-order chi connectivity index (χ0) is 21.4. The summed E-state index contributed by atoms with van der Waals surface area (Å²) in [6.07, 6.45) is 5.95. The van der Waals surface area contributed by atoms with Crippen LogP contribution in [-0.2, 0) is 4.79 Å². The number of nitrogens with two attached hydrogens (primary N) is 1. The second-order valence-electron chi connectivity index (χ2n) is 7.70. The van der Waals surface area contributed by atoms with Gasteiger partial charge in [0.2, 0.25) is 11.7 Å². The van der Waals surface area contributed by atoms with E-state index < -0.39 is 11.6 Å². The maximum atomic E-state index is 12.5. The van der Waals surface area contributed by atoms with Gasteiger partial charge in [0.15, 0.2) is 11.6 Å². The number of anilines is 1. The van der Waals surface area contributed by atoms with Crippen LogP contribution in [0.1, 0.15) is 39.5 Å². The lowest BCUT2D eigenvalue weighted by atomic mass is 9.72. The number of rotatable bonds is 4. The summed E-state index contributed by atoms with van der Waals surface area (Å²) in [4.78, 5) is 16.4. The van der Waals surface area contributed by atoms with Crippen LogP contribution in [-0.4, -0.2) is 18.0 Å². The van der Waals surface area contributed by atoms with Crippen molar-refractivity contribution in [3.05, 3.63) is 48.2 Å². The molecule has 1 amide bonds. The Morgan fingerprint density at radius 3 is 2.72 bits per heavy atom. The van der Waals surface area contributed by atoms with Crippen molar-refractivity contribution in [2.75, 3.05) is 12.4 Å². The number of methoxy groups -OCH3 is 1. The molecule has 1 unspecified atom stereocenters. The van der Waals surface area contributed by atoms with Crippen LogP contribution in [0.15, 0.2) is 41.6 Å². The van der Waals surface area contributed by atoms with Crippen molar-refractivity contribution in [2.24, 2.45) is 16.5 Å². The number of aromatic nitrogens is 1. The van der Waals surface area contributed by atoms with Gasteiger partial charge in [-0.25, -0.2) is 9.37 Å². The monoisotopic (exact) mass is 423 g/mol. The van der Waals surface area contributed by atoms with E-state index in [0.717, 1.165) is 43.0 Å². The van der Waals surface area contributed by atoms with Crippen molar-refractivity contribution in [2.45, 2.75) is 44.6 Å². The summed E-state index contributed by atoms with van der Waals surface area (Å²) in [5, 5.41) is 9.16. The highest BCUT2D eigenvalue weighted by Crippen LogP contribution is 2.38. The number of carbonyl (C=O) groups excluding carboxylic acids is 1. The summed E-state index contributed by atoms with van der Waals surface area (Å²) in [6, 6.07) is 7.38. The Morgan fingerprint density at radius 2 is 2.10 bits per heavy atom. The molecule has 0 spiro atoms. The Hall–Kier alpha value is -2.19. The molecule has 2 aromatic rings. The lowest BCUT2D eigenvalue weighted by Crippen LogP contribution is -2.31. The molecule has 1 fully saturated rings. The van der Waals surface area contributed by atoms with Gasteiger partial charge in [-0.3, -0.25) is 9.93 Å². The van der Waals surface area contributed by atoms with Gasteiger partial charge in [0.05, 0.1) is 7.11 Å². The average molecular weight is 424 g/mol. The highest BCUT2D eigenvalue weighted by molar-refractivity contribution is 7.97. The Morgan fingerprint density at radius 1 is 1.34 bits per heavy atom. The molecule has 8 heteroatoms. The van der Waals surface area contributed by atoms with Gasteiger partial charge in [-0.15, -0.1) is 0 Å². The Labute approximate surface area is 174 Å². The van der Waals surface area contributed by atoms with Gasteiger partial charge in [0.1, 0.15) is 5.03 Å². The molecule has 29 heavy (non-hydrogen) atoms.